The highest BCUT2D eigenvalue weighted by Crippen LogP contribution is 2.43. The van der Waals surface area contributed by atoms with Gasteiger partial charge < -0.3 is 10.0 Å². The van der Waals surface area contributed by atoms with Crippen LogP contribution in [0.1, 0.15) is 52.4 Å². The highest BCUT2D eigenvalue weighted by Gasteiger charge is 2.50. The first-order valence-electron chi connectivity index (χ1n) is 10.7. The van der Waals surface area contributed by atoms with E-state index in [1.165, 1.54) is 5.56 Å². The lowest BCUT2D eigenvalue weighted by Gasteiger charge is -2.23. The minimum atomic E-state index is -1.86. The Morgan fingerprint density at radius 1 is 0.968 bits per heavy atom. The van der Waals surface area contributed by atoms with E-state index in [0.717, 1.165) is 24.0 Å². The van der Waals surface area contributed by atoms with Crippen molar-refractivity contribution in [1.29, 1.82) is 0 Å². The third-order valence-electron chi connectivity index (χ3n) is 6.06. The van der Waals surface area contributed by atoms with Gasteiger partial charge in [0.05, 0.1) is 18.7 Å². The Bertz CT molecular complexity index is 1120. The molecule has 0 bridgehead atoms. The molecule has 1 heterocycles. The number of rotatable bonds is 7. The standard InChI is InChI=1S/C27H27NO3/c1-3-8-20-13-15-21(16-14-20)25(29)17-27(31)23-11-6-7-12-24(23)28(26(27)30)18-22-10-5-4-9-19(22)2/h4-7,9-16,31H,3,8,17-18H2,1-2H3. The Balaban J connectivity index is 1.63. The average molecular weight is 414 g/mol. The second-order valence-electron chi connectivity index (χ2n) is 8.24. The lowest BCUT2D eigenvalue weighted by atomic mass is 9.88. The molecule has 0 aromatic heterocycles. The summed E-state index contributed by atoms with van der Waals surface area (Å²) < 4.78 is 0. The molecule has 4 nitrogen and oxygen atoms in total. The van der Waals surface area contributed by atoms with Crippen LogP contribution in [0.5, 0.6) is 0 Å². The minimum Gasteiger partial charge on any atom is -0.375 e. The van der Waals surface area contributed by atoms with Crippen LogP contribution in [0.2, 0.25) is 0 Å². The number of hydrogen-bond donors (Lipinski definition) is 1. The summed E-state index contributed by atoms with van der Waals surface area (Å²) in [6.07, 6.45) is 1.72. The van der Waals surface area contributed by atoms with Gasteiger partial charge in [0.1, 0.15) is 0 Å². The van der Waals surface area contributed by atoms with E-state index in [9.17, 15) is 14.7 Å². The van der Waals surface area contributed by atoms with E-state index < -0.39 is 11.5 Å². The quantitative estimate of drug-likeness (QED) is 0.557. The smallest absolute Gasteiger partial charge is 0.264 e. The summed E-state index contributed by atoms with van der Waals surface area (Å²) in [7, 11) is 0. The number of hydrogen-bond acceptors (Lipinski definition) is 3. The highest BCUT2D eigenvalue weighted by molar-refractivity contribution is 6.10. The summed E-state index contributed by atoms with van der Waals surface area (Å²) in [5.41, 5.74) is 3.05. The first-order valence-corrected chi connectivity index (χ1v) is 10.7. The number of fused-ring (bicyclic) bond motifs is 1. The molecule has 3 aromatic rings. The third kappa shape index (κ3) is 3.91. The van der Waals surface area contributed by atoms with Crippen molar-refractivity contribution >= 4 is 17.4 Å². The molecule has 1 N–H and O–H groups in total. The van der Waals surface area contributed by atoms with E-state index in [0.29, 0.717) is 23.4 Å². The van der Waals surface area contributed by atoms with Crippen molar-refractivity contribution in [2.75, 3.05) is 4.90 Å². The number of benzene rings is 3. The fourth-order valence-corrected chi connectivity index (χ4v) is 4.27. The molecule has 1 atom stereocenters. The number of nitrogens with zero attached hydrogens (tertiary/aromatic N) is 1. The Morgan fingerprint density at radius 2 is 1.65 bits per heavy atom. The van der Waals surface area contributed by atoms with Crippen molar-refractivity contribution in [1.82, 2.24) is 0 Å². The first kappa shape index (κ1) is 21.0. The summed E-state index contributed by atoms with van der Waals surface area (Å²) in [5.74, 6) is -0.695. The minimum absolute atomic E-state index is 0.244. The van der Waals surface area contributed by atoms with E-state index in [1.807, 2.05) is 55.5 Å². The summed E-state index contributed by atoms with van der Waals surface area (Å²) in [5, 5.41) is 11.5. The number of aryl methyl sites for hydroxylation is 2. The first-order chi connectivity index (χ1) is 14.9. The molecule has 4 rings (SSSR count). The zero-order valence-corrected chi connectivity index (χ0v) is 18.0. The average Bonchev–Trinajstić information content (AvgIpc) is 2.98. The number of ketones is 1. The number of anilines is 1. The summed E-state index contributed by atoms with van der Waals surface area (Å²) in [6, 6.07) is 22.5. The Labute approximate surface area is 183 Å². The van der Waals surface area contributed by atoms with Crippen LogP contribution in [0.15, 0.2) is 72.8 Å². The highest BCUT2D eigenvalue weighted by atomic mass is 16.3. The molecule has 0 fully saturated rings. The Hall–Kier alpha value is -3.24. The summed E-state index contributed by atoms with van der Waals surface area (Å²) >= 11 is 0. The molecular formula is C27H27NO3. The molecule has 158 valence electrons. The van der Waals surface area contributed by atoms with Crippen molar-refractivity contribution in [2.24, 2.45) is 0 Å². The Morgan fingerprint density at radius 3 is 2.35 bits per heavy atom. The third-order valence-corrected chi connectivity index (χ3v) is 6.06. The lowest BCUT2D eigenvalue weighted by molar-refractivity contribution is -0.136. The molecule has 1 amide bonds. The van der Waals surface area contributed by atoms with E-state index in [2.05, 4.69) is 6.92 Å². The van der Waals surface area contributed by atoms with Crippen LogP contribution in [0.25, 0.3) is 0 Å². The molecule has 1 aliphatic heterocycles. The van der Waals surface area contributed by atoms with Gasteiger partial charge in [0.15, 0.2) is 11.4 Å². The predicted octanol–water partition coefficient (Wildman–Crippen LogP) is 4.95. The van der Waals surface area contributed by atoms with Crippen molar-refractivity contribution in [3.05, 3.63) is 101 Å². The van der Waals surface area contributed by atoms with Crippen LogP contribution in [-0.2, 0) is 23.4 Å². The molecule has 0 radical (unpaired) electrons. The molecule has 31 heavy (non-hydrogen) atoms. The van der Waals surface area contributed by atoms with Crippen LogP contribution in [0, 0.1) is 6.92 Å². The maximum atomic E-state index is 13.4. The number of Topliss-reactive ketones (excluding diaryl/α,β-unsaturated/α-hetero) is 1. The van der Waals surface area contributed by atoms with Gasteiger partial charge in [-0.2, -0.15) is 0 Å². The predicted molar refractivity (Wildman–Crippen MR) is 122 cm³/mol. The SMILES string of the molecule is CCCc1ccc(C(=O)CC2(O)C(=O)N(Cc3ccccc3C)c3ccccc32)cc1. The molecule has 0 spiro atoms. The topological polar surface area (TPSA) is 57.6 Å². The van der Waals surface area contributed by atoms with Gasteiger partial charge in [0.25, 0.3) is 5.91 Å². The van der Waals surface area contributed by atoms with Crippen molar-refractivity contribution in [2.45, 2.75) is 45.3 Å². The Kier molecular flexibility index (Phi) is 5.75. The number of para-hydroxylation sites is 1. The monoisotopic (exact) mass is 413 g/mol. The van der Waals surface area contributed by atoms with E-state index in [4.69, 9.17) is 0 Å². The zero-order valence-electron chi connectivity index (χ0n) is 18.0. The summed E-state index contributed by atoms with van der Waals surface area (Å²) in [4.78, 5) is 28.0. The maximum absolute atomic E-state index is 13.4. The zero-order chi connectivity index (χ0) is 22.0. The maximum Gasteiger partial charge on any atom is 0.264 e. The number of carbonyl (C=O) groups is 2. The largest absolute Gasteiger partial charge is 0.375 e. The van der Waals surface area contributed by atoms with Crippen LogP contribution in [0.3, 0.4) is 0 Å². The molecule has 1 aliphatic rings. The van der Waals surface area contributed by atoms with Gasteiger partial charge in [-0.25, -0.2) is 0 Å². The van der Waals surface area contributed by atoms with E-state index in [-0.39, 0.29) is 12.2 Å². The van der Waals surface area contributed by atoms with Gasteiger partial charge in [-0.15, -0.1) is 0 Å². The van der Waals surface area contributed by atoms with Crippen LogP contribution < -0.4 is 4.90 Å². The van der Waals surface area contributed by atoms with Gasteiger partial charge in [0, 0.05) is 11.1 Å². The fourth-order valence-electron chi connectivity index (χ4n) is 4.27. The second-order valence-corrected chi connectivity index (χ2v) is 8.24. The van der Waals surface area contributed by atoms with Crippen molar-refractivity contribution in [3.63, 3.8) is 0 Å². The fraction of sp³-hybridized carbons (Fsp3) is 0.259. The van der Waals surface area contributed by atoms with Crippen LogP contribution in [-0.4, -0.2) is 16.8 Å². The van der Waals surface area contributed by atoms with Crippen molar-refractivity contribution in [3.8, 4) is 0 Å². The lowest BCUT2D eigenvalue weighted by Crippen LogP contribution is -2.41. The molecule has 1 unspecified atom stereocenters. The van der Waals surface area contributed by atoms with Gasteiger partial charge in [-0.1, -0.05) is 80.1 Å². The van der Waals surface area contributed by atoms with Gasteiger partial charge >= 0.3 is 0 Å². The molecule has 3 aromatic carbocycles. The van der Waals surface area contributed by atoms with Gasteiger partial charge in [-0.05, 0) is 36.1 Å². The number of amides is 1. The molecule has 0 saturated carbocycles. The van der Waals surface area contributed by atoms with E-state index in [1.54, 1.807) is 29.2 Å². The van der Waals surface area contributed by atoms with Gasteiger partial charge in [0.2, 0.25) is 0 Å². The van der Waals surface area contributed by atoms with Crippen LogP contribution >= 0.6 is 0 Å². The van der Waals surface area contributed by atoms with Gasteiger partial charge in [-0.3, -0.25) is 9.59 Å². The van der Waals surface area contributed by atoms with E-state index >= 15 is 0 Å². The number of aliphatic hydroxyl groups is 1. The summed E-state index contributed by atoms with van der Waals surface area (Å²) in [6.45, 7) is 4.46. The molecule has 4 heteroatoms. The van der Waals surface area contributed by atoms with Crippen molar-refractivity contribution < 1.29 is 14.7 Å². The second kappa shape index (κ2) is 8.48. The van der Waals surface area contributed by atoms with Crippen LogP contribution in [0.4, 0.5) is 5.69 Å². The molecule has 0 aliphatic carbocycles. The number of carbonyl (C=O) groups excluding carboxylic acids is 2. The molecule has 0 saturated heterocycles. The molecular weight excluding hydrogens is 386 g/mol. The normalized spacial score (nSPS) is 17.6.